The van der Waals surface area contributed by atoms with Crippen molar-refractivity contribution in [3.8, 4) is 6.07 Å². The molecule has 1 aliphatic heterocycles. The Hall–Kier alpha value is -3.99. The highest BCUT2D eigenvalue weighted by molar-refractivity contribution is 7.81. The molecule has 1 fully saturated rings. The van der Waals surface area contributed by atoms with Gasteiger partial charge < -0.3 is 4.90 Å². The van der Waals surface area contributed by atoms with Gasteiger partial charge in [0.1, 0.15) is 12.1 Å². The molecule has 0 atom stereocenters. The third-order valence-corrected chi connectivity index (χ3v) is 6.14. The summed E-state index contributed by atoms with van der Waals surface area (Å²) in [5.41, 5.74) is -4.11. The number of amides is 1. The lowest BCUT2D eigenvalue weighted by Gasteiger charge is -2.29. The van der Waals surface area contributed by atoms with Crippen LogP contribution in [0.4, 0.5) is 37.7 Å². The molecule has 1 amide bonds. The lowest BCUT2D eigenvalue weighted by atomic mass is 10.0. The Labute approximate surface area is 210 Å². The van der Waals surface area contributed by atoms with E-state index in [9.17, 15) is 35.9 Å². The molecule has 4 rings (SSSR count). The van der Waals surface area contributed by atoms with Crippen molar-refractivity contribution in [2.24, 2.45) is 0 Å². The van der Waals surface area contributed by atoms with Gasteiger partial charge in [-0.05, 0) is 62.5 Å². The molecule has 2 aromatic carbocycles. The highest BCUT2D eigenvalue weighted by Gasteiger charge is 2.50. The summed E-state index contributed by atoms with van der Waals surface area (Å²) in [6.45, 7) is 1.44. The van der Waals surface area contributed by atoms with Gasteiger partial charge >= 0.3 is 12.4 Å². The van der Waals surface area contributed by atoms with Crippen LogP contribution in [-0.2, 0) is 17.5 Å². The first-order chi connectivity index (χ1) is 17.1. The van der Waals surface area contributed by atoms with E-state index < -0.39 is 47.0 Å². The maximum atomic E-state index is 13.5. The van der Waals surface area contributed by atoms with Crippen LogP contribution in [0.2, 0.25) is 0 Å². The van der Waals surface area contributed by atoms with Gasteiger partial charge in [-0.2, -0.15) is 31.6 Å². The average Bonchev–Trinajstić information content (AvgIpc) is 2.97. The number of anilines is 2. The van der Waals surface area contributed by atoms with Crippen molar-refractivity contribution in [3.05, 3.63) is 64.2 Å². The quantitative estimate of drug-likeness (QED) is 0.353. The van der Waals surface area contributed by atoms with E-state index in [4.69, 9.17) is 17.5 Å². The van der Waals surface area contributed by atoms with Gasteiger partial charge in [0, 0.05) is 5.69 Å². The fraction of sp³-hybridized carbons (Fsp3) is 0.261. The van der Waals surface area contributed by atoms with Crippen molar-refractivity contribution in [1.82, 2.24) is 9.55 Å². The van der Waals surface area contributed by atoms with Crippen LogP contribution >= 0.6 is 12.2 Å². The molecule has 3 aromatic rings. The number of halogens is 6. The van der Waals surface area contributed by atoms with Crippen LogP contribution in [0, 0.1) is 11.3 Å². The van der Waals surface area contributed by atoms with Crippen LogP contribution in [-0.4, -0.2) is 32.3 Å². The number of hydrogen-bond acceptors (Lipinski definition) is 5. The number of thiocarbonyl (C=S) groups is 1. The SMILES string of the molecule is CC1(C)C(=O)N(c2ccc(C#N)c(C(F)(F)F)c2)C(=S)N1c1ccc2c(=O)n(CC(F)(F)F)cnc2c1. The summed E-state index contributed by atoms with van der Waals surface area (Å²) in [5.74, 6) is -0.663. The van der Waals surface area contributed by atoms with Crippen molar-refractivity contribution in [1.29, 1.82) is 5.26 Å². The van der Waals surface area contributed by atoms with Crippen LogP contribution in [0.3, 0.4) is 0 Å². The van der Waals surface area contributed by atoms with E-state index in [2.05, 4.69) is 4.98 Å². The van der Waals surface area contributed by atoms with Crippen molar-refractivity contribution in [3.63, 3.8) is 0 Å². The van der Waals surface area contributed by atoms with Crippen LogP contribution < -0.4 is 15.4 Å². The zero-order valence-corrected chi connectivity index (χ0v) is 19.8. The molecule has 0 bridgehead atoms. The van der Waals surface area contributed by atoms with Gasteiger partial charge in [-0.3, -0.25) is 19.1 Å². The largest absolute Gasteiger partial charge is 0.417 e. The smallest absolute Gasteiger partial charge is 0.303 e. The van der Waals surface area contributed by atoms with Gasteiger partial charge in [-0.1, -0.05) is 0 Å². The maximum Gasteiger partial charge on any atom is 0.417 e. The Bertz CT molecular complexity index is 1550. The lowest BCUT2D eigenvalue weighted by Crippen LogP contribution is -2.44. The molecule has 7 nitrogen and oxygen atoms in total. The van der Waals surface area contributed by atoms with E-state index in [0.717, 1.165) is 17.3 Å². The monoisotopic (exact) mass is 539 g/mol. The van der Waals surface area contributed by atoms with Crippen LogP contribution in [0.25, 0.3) is 10.9 Å². The number of benzene rings is 2. The van der Waals surface area contributed by atoms with Gasteiger partial charge in [0.2, 0.25) is 0 Å². The molecule has 1 aromatic heterocycles. The highest BCUT2D eigenvalue weighted by Crippen LogP contribution is 2.40. The van der Waals surface area contributed by atoms with E-state index in [1.165, 1.54) is 49.1 Å². The minimum atomic E-state index is -4.86. The minimum Gasteiger partial charge on any atom is -0.303 e. The molecule has 1 aliphatic rings. The summed E-state index contributed by atoms with van der Waals surface area (Å²) in [4.78, 5) is 32.0. The number of nitrogens with zero attached hydrogens (tertiary/aromatic N) is 5. The normalized spacial score (nSPS) is 16.0. The van der Waals surface area contributed by atoms with Crippen molar-refractivity contribution in [2.75, 3.05) is 9.80 Å². The van der Waals surface area contributed by atoms with Gasteiger partial charge in [-0.25, -0.2) is 4.98 Å². The topological polar surface area (TPSA) is 82.2 Å². The molecule has 0 saturated carbocycles. The molecule has 192 valence electrons. The number of rotatable bonds is 3. The molecular formula is C23H15F6N5O2S. The highest BCUT2D eigenvalue weighted by atomic mass is 32.1. The number of aromatic nitrogens is 2. The Morgan fingerprint density at radius 3 is 2.27 bits per heavy atom. The first-order valence-electron chi connectivity index (χ1n) is 10.4. The summed E-state index contributed by atoms with van der Waals surface area (Å²) in [6.07, 6.45) is -8.74. The van der Waals surface area contributed by atoms with Gasteiger partial charge in [0.25, 0.3) is 11.5 Å². The standard InChI is InChI=1S/C23H15F6N5O2S/c1-21(2)19(36)33(13-4-3-12(9-30)16(7-13)23(27,28)29)20(37)34(21)14-5-6-15-17(8-14)31-11-32(18(15)35)10-22(24,25)26/h3-8,11H,10H2,1-2H3. The fourth-order valence-electron chi connectivity index (χ4n) is 4.05. The second kappa shape index (κ2) is 8.55. The second-order valence-corrected chi connectivity index (χ2v) is 9.02. The van der Waals surface area contributed by atoms with Crippen LogP contribution in [0.5, 0.6) is 0 Å². The molecular weight excluding hydrogens is 524 g/mol. The zero-order chi connectivity index (χ0) is 27.5. The Balaban J connectivity index is 1.78. The summed E-state index contributed by atoms with van der Waals surface area (Å²) in [5, 5.41) is 8.75. The van der Waals surface area contributed by atoms with E-state index in [1.54, 1.807) is 0 Å². The molecule has 0 N–H and O–H groups in total. The summed E-state index contributed by atoms with van der Waals surface area (Å²) >= 11 is 5.45. The fourth-order valence-corrected chi connectivity index (χ4v) is 4.57. The van der Waals surface area contributed by atoms with Gasteiger partial charge in [-0.15, -0.1) is 0 Å². The number of carbonyl (C=O) groups is 1. The number of alkyl halides is 6. The predicted molar refractivity (Wildman–Crippen MR) is 125 cm³/mol. The van der Waals surface area contributed by atoms with Crippen molar-refractivity contribution >= 4 is 45.5 Å². The van der Waals surface area contributed by atoms with Crippen LogP contribution in [0.15, 0.2) is 47.5 Å². The molecule has 0 unspecified atom stereocenters. The predicted octanol–water partition coefficient (Wildman–Crippen LogP) is 4.77. The van der Waals surface area contributed by atoms with Crippen LogP contribution in [0.1, 0.15) is 25.0 Å². The second-order valence-electron chi connectivity index (χ2n) is 8.65. The molecule has 2 heterocycles. The molecule has 37 heavy (non-hydrogen) atoms. The summed E-state index contributed by atoms with van der Waals surface area (Å²) in [6, 6.07) is 8.18. The molecule has 14 heteroatoms. The minimum absolute atomic E-state index is 0.0307. The molecule has 0 radical (unpaired) electrons. The number of nitriles is 1. The average molecular weight is 539 g/mol. The zero-order valence-electron chi connectivity index (χ0n) is 19.0. The number of hydrogen-bond donors (Lipinski definition) is 0. The molecule has 1 saturated heterocycles. The molecule has 0 aliphatic carbocycles. The van der Waals surface area contributed by atoms with Gasteiger partial charge in [0.15, 0.2) is 5.11 Å². The Morgan fingerprint density at radius 1 is 1.03 bits per heavy atom. The Kier molecular flexibility index (Phi) is 6.03. The number of carbonyl (C=O) groups excluding carboxylic acids is 1. The van der Waals surface area contributed by atoms with E-state index in [1.807, 2.05) is 0 Å². The first-order valence-corrected chi connectivity index (χ1v) is 10.8. The van der Waals surface area contributed by atoms with Crippen molar-refractivity contribution < 1.29 is 31.1 Å². The van der Waals surface area contributed by atoms with Gasteiger partial charge in [0.05, 0.1) is 40.1 Å². The van der Waals surface area contributed by atoms with Crippen molar-refractivity contribution in [2.45, 2.75) is 38.3 Å². The number of fused-ring (bicyclic) bond motifs is 1. The maximum absolute atomic E-state index is 13.5. The third kappa shape index (κ3) is 4.50. The van der Waals surface area contributed by atoms with E-state index >= 15 is 0 Å². The molecule has 0 spiro atoms. The Morgan fingerprint density at radius 2 is 1.68 bits per heavy atom. The third-order valence-electron chi connectivity index (χ3n) is 5.77. The summed E-state index contributed by atoms with van der Waals surface area (Å²) in [7, 11) is 0. The van der Waals surface area contributed by atoms with E-state index in [-0.39, 0.29) is 27.4 Å². The lowest BCUT2D eigenvalue weighted by molar-refractivity contribution is -0.141. The van der Waals surface area contributed by atoms with E-state index in [0.29, 0.717) is 10.6 Å². The first kappa shape index (κ1) is 26.1. The summed E-state index contributed by atoms with van der Waals surface area (Å²) < 4.78 is 79.1.